The van der Waals surface area contributed by atoms with Crippen molar-refractivity contribution in [2.75, 3.05) is 6.61 Å². The molecule has 0 saturated carbocycles. The Kier molecular flexibility index (Phi) is 6.02. The van der Waals surface area contributed by atoms with E-state index in [1.54, 1.807) is 22.7 Å². The minimum absolute atomic E-state index is 0.207. The Morgan fingerprint density at radius 2 is 2.17 bits per heavy atom. The Morgan fingerprint density at radius 3 is 2.92 bits per heavy atom. The zero-order valence-electron chi connectivity index (χ0n) is 13.1. The van der Waals surface area contributed by atoms with Crippen molar-refractivity contribution in [1.29, 1.82) is 0 Å². The Hall–Kier alpha value is -2.13. The minimum Gasteiger partial charge on any atom is -0.481 e. The number of aromatic nitrogens is 1. The van der Waals surface area contributed by atoms with E-state index in [2.05, 4.69) is 39.8 Å². The lowest BCUT2D eigenvalue weighted by atomic mass is 10.1. The van der Waals surface area contributed by atoms with Crippen molar-refractivity contribution < 1.29 is 4.74 Å². The van der Waals surface area contributed by atoms with E-state index in [4.69, 9.17) is 11.2 Å². The summed E-state index contributed by atoms with van der Waals surface area (Å²) in [6.45, 7) is 1.04. The summed E-state index contributed by atoms with van der Waals surface area (Å²) in [5.41, 5.74) is 1.16. The predicted molar refractivity (Wildman–Crippen MR) is 100 cm³/mol. The molecule has 0 aliphatic heterocycles. The van der Waals surface area contributed by atoms with Gasteiger partial charge in [-0.25, -0.2) is 4.98 Å². The third kappa shape index (κ3) is 4.68. The van der Waals surface area contributed by atoms with Crippen molar-refractivity contribution in [3.63, 3.8) is 0 Å². The summed E-state index contributed by atoms with van der Waals surface area (Å²) in [6, 6.07) is 12.5. The Bertz CT molecular complexity index is 776. The average Bonchev–Trinajstić information content (AvgIpc) is 3.30. The monoisotopic (exact) mass is 354 g/mol. The van der Waals surface area contributed by atoms with Gasteiger partial charge in [0.15, 0.2) is 0 Å². The van der Waals surface area contributed by atoms with Gasteiger partial charge in [0.05, 0.1) is 6.04 Å². The summed E-state index contributed by atoms with van der Waals surface area (Å²) in [7, 11) is 0. The third-order valence-electron chi connectivity index (χ3n) is 3.51. The molecule has 1 N–H and O–H groups in total. The predicted octanol–water partition coefficient (Wildman–Crippen LogP) is 4.29. The first-order chi connectivity index (χ1) is 11.8. The molecule has 3 aromatic rings. The molecular formula is C19H18N2OS2. The highest BCUT2D eigenvalue weighted by Gasteiger charge is 2.15. The second-order valence-corrected chi connectivity index (χ2v) is 7.19. The fraction of sp³-hybridized carbons (Fsp3) is 0.211. The topological polar surface area (TPSA) is 34.1 Å². The molecule has 2 aromatic heterocycles. The number of hydrogen-bond acceptors (Lipinski definition) is 5. The third-order valence-corrected chi connectivity index (χ3v) is 5.30. The maximum Gasteiger partial charge on any atom is 0.148 e. The van der Waals surface area contributed by atoms with Crippen molar-refractivity contribution >= 4 is 22.7 Å². The van der Waals surface area contributed by atoms with E-state index in [-0.39, 0.29) is 12.6 Å². The zero-order chi connectivity index (χ0) is 16.6. The van der Waals surface area contributed by atoms with Gasteiger partial charge in [-0.3, -0.25) is 0 Å². The van der Waals surface area contributed by atoms with E-state index in [0.29, 0.717) is 0 Å². The van der Waals surface area contributed by atoms with Crippen LogP contribution in [0.4, 0.5) is 0 Å². The van der Waals surface area contributed by atoms with E-state index in [9.17, 15) is 0 Å². The Morgan fingerprint density at radius 1 is 1.21 bits per heavy atom. The number of hydrogen-bond donors (Lipinski definition) is 1. The lowest BCUT2D eigenvalue weighted by Gasteiger charge is -2.16. The largest absolute Gasteiger partial charge is 0.481 e. The summed E-state index contributed by atoms with van der Waals surface area (Å²) in [5.74, 6) is 3.29. The lowest BCUT2D eigenvalue weighted by molar-refractivity contribution is 0.369. The molecule has 0 amide bonds. The van der Waals surface area contributed by atoms with Crippen LogP contribution >= 0.6 is 22.7 Å². The van der Waals surface area contributed by atoms with Crippen LogP contribution in [0.25, 0.3) is 0 Å². The van der Waals surface area contributed by atoms with E-state index in [0.717, 1.165) is 29.3 Å². The fourth-order valence-corrected chi connectivity index (χ4v) is 3.86. The SMILES string of the molecule is C#CCOc1cccc(CN[C@@H](Cc2cccs2)c2nccs2)c1. The van der Waals surface area contributed by atoms with Crippen LogP contribution in [-0.4, -0.2) is 11.6 Å². The summed E-state index contributed by atoms with van der Waals surface area (Å²) >= 11 is 3.47. The number of nitrogens with one attached hydrogen (secondary N) is 1. The smallest absolute Gasteiger partial charge is 0.148 e. The number of rotatable bonds is 8. The molecule has 0 bridgehead atoms. The number of ether oxygens (including phenoxy) is 1. The van der Waals surface area contributed by atoms with Crippen LogP contribution in [0.5, 0.6) is 5.75 Å². The molecule has 5 heteroatoms. The highest BCUT2D eigenvalue weighted by molar-refractivity contribution is 7.10. The molecule has 0 spiro atoms. The van der Waals surface area contributed by atoms with Gasteiger partial charge in [-0.1, -0.05) is 24.1 Å². The van der Waals surface area contributed by atoms with Crippen LogP contribution in [0, 0.1) is 12.3 Å². The minimum atomic E-state index is 0.207. The van der Waals surface area contributed by atoms with Gasteiger partial charge in [0.2, 0.25) is 0 Å². The van der Waals surface area contributed by atoms with Crippen LogP contribution in [0.15, 0.2) is 53.4 Å². The van der Waals surface area contributed by atoms with Gasteiger partial charge in [0.25, 0.3) is 0 Å². The number of nitrogens with zero attached hydrogens (tertiary/aromatic N) is 1. The number of benzene rings is 1. The van der Waals surface area contributed by atoms with Gasteiger partial charge in [0, 0.05) is 29.4 Å². The molecule has 0 fully saturated rings. The molecule has 1 atom stereocenters. The van der Waals surface area contributed by atoms with Crippen molar-refractivity contribution in [2.45, 2.75) is 19.0 Å². The standard InChI is InChI=1S/C19H18N2OS2/c1-2-9-22-16-6-3-5-15(12-16)14-21-18(19-20-8-11-24-19)13-17-7-4-10-23-17/h1,3-8,10-12,18,21H,9,13-14H2/t18-/m0/s1. The molecular weight excluding hydrogens is 336 g/mol. The van der Waals surface area contributed by atoms with Gasteiger partial charge in [-0.15, -0.1) is 29.1 Å². The molecule has 0 unspecified atom stereocenters. The van der Waals surface area contributed by atoms with E-state index in [1.165, 1.54) is 4.88 Å². The van der Waals surface area contributed by atoms with Gasteiger partial charge in [-0.05, 0) is 29.1 Å². The first-order valence-corrected chi connectivity index (χ1v) is 9.41. The molecule has 122 valence electrons. The van der Waals surface area contributed by atoms with Crippen molar-refractivity contribution in [2.24, 2.45) is 0 Å². The lowest BCUT2D eigenvalue weighted by Crippen LogP contribution is -2.22. The quantitative estimate of drug-likeness (QED) is 0.613. The highest BCUT2D eigenvalue weighted by atomic mass is 32.1. The number of thiazole rings is 1. The Balaban J connectivity index is 1.66. The van der Waals surface area contributed by atoms with Crippen molar-refractivity contribution in [1.82, 2.24) is 10.3 Å². The summed E-state index contributed by atoms with van der Waals surface area (Å²) in [4.78, 5) is 5.84. The van der Waals surface area contributed by atoms with Crippen LogP contribution in [0.2, 0.25) is 0 Å². The Labute approximate surface area is 150 Å². The second-order valence-electron chi connectivity index (χ2n) is 5.23. The van der Waals surface area contributed by atoms with Crippen LogP contribution in [-0.2, 0) is 13.0 Å². The van der Waals surface area contributed by atoms with Crippen molar-refractivity contribution in [3.05, 3.63) is 68.8 Å². The molecule has 0 aliphatic rings. The summed E-state index contributed by atoms with van der Waals surface area (Å²) in [6.07, 6.45) is 8.04. The maximum absolute atomic E-state index is 5.49. The fourth-order valence-electron chi connectivity index (χ4n) is 2.39. The molecule has 24 heavy (non-hydrogen) atoms. The summed E-state index contributed by atoms with van der Waals surface area (Å²) < 4.78 is 5.49. The van der Waals surface area contributed by atoms with E-state index < -0.39 is 0 Å². The summed E-state index contributed by atoms with van der Waals surface area (Å²) in [5, 5.41) is 8.86. The van der Waals surface area contributed by atoms with Gasteiger partial charge < -0.3 is 10.1 Å². The van der Waals surface area contributed by atoms with Gasteiger partial charge in [0.1, 0.15) is 17.4 Å². The van der Waals surface area contributed by atoms with Crippen molar-refractivity contribution in [3.8, 4) is 18.1 Å². The van der Waals surface area contributed by atoms with Crippen LogP contribution in [0.3, 0.4) is 0 Å². The van der Waals surface area contributed by atoms with Crippen LogP contribution < -0.4 is 10.1 Å². The second kappa shape index (κ2) is 8.65. The van der Waals surface area contributed by atoms with Gasteiger partial charge in [-0.2, -0.15) is 0 Å². The highest BCUT2D eigenvalue weighted by Crippen LogP contribution is 2.24. The maximum atomic E-state index is 5.49. The average molecular weight is 354 g/mol. The molecule has 3 nitrogen and oxygen atoms in total. The van der Waals surface area contributed by atoms with E-state index >= 15 is 0 Å². The van der Waals surface area contributed by atoms with Gasteiger partial charge >= 0.3 is 0 Å². The van der Waals surface area contributed by atoms with E-state index in [1.807, 2.05) is 29.8 Å². The first-order valence-electron chi connectivity index (χ1n) is 7.65. The molecule has 1 aromatic carbocycles. The first kappa shape index (κ1) is 16.7. The zero-order valence-corrected chi connectivity index (χ0v) is 14.8. The normalized spacial score (nSPS) is 11.8. The molecule has 3 rings (SSSR count). The molecule has 0 radical (unpaired) electrons. The molecule has 0 saturated heterocycles. The number of terminal acetylenes is 1. The molecule has 2 heterocycles. The number of thiophene rings is 1. The van der Waals surface area contributed by atoms with Crippen LogP contribution in [0.1, 0.15) is 21.5 Å². The molecule has 0 aliphatic carbocycles.